The number of anilines is 1. The van der Waals surface area contributed by atoms with Gasteiger partial charge in [0.1, 0.15) is 17.2 Å². The van der Waals surface area contributed by atoms with Crippen LogP contribution in [0.5, 0.6) is 0 Å². The number of amides is 1. The molecule has 3 aromatic rings. The van der Waals surface area contributed by atoms with Gasteiger partial charge in [-0.25, -0.2) is 13.2 Å². The maximum atomic E-state index is 13.6. The Morgan fingerprint density at radius 2 is 1.74 bits per heavy atom. The van der Waals surface area contributed by atoms with Crippen LogP contribution in [0.1, 0.15) is 10.4 Å². The summed E-state index contributed by atoms with van der Waals surface area (Å²) in [5.74, 6) is -3.88. The van der Waals surface area contributed by atoms with E-state index in [1.165, 1.54) is 10.9 Å². The highest BCUT2D eigenvalue weighted by Gasteiger charge is 2.19. The minimum Gasteiger partial charge on any atom is -0.319 e. The van der Waals surface area contributed by atoms with Gasteiger partial charge in [-0.1, -0.05) is 0 Å². The van der Waals surface area contributed by atoms with E-state index in [0.717, 1.165) is 0 Å². The van der Waals surface area contributed by atoms with Crippen molar-refractivity contribution in [2.75, 3.05) is 5.32 Å². The molecule has 2 aromatic heterocycles. The number of hydrogen-bond donors (Lipinski definition) is 1. The van der Waals surface area contributed by atoms with Crippen molar-refractivity contribution in [1.82, 2.24) is 14.3 Å². The molecule has 0 radical (unpaired) electrons. The quantitative estimate of drug-likeness (QED) is 0.755. The molecule has 8 heteroatoms. The summed E-state index contributed by atoms with van der Waals surface area (Å²) in [7, 11) is 1.64. The first kappa shape index (κ1) is 14.9. The molecule has 0 aliphatic heterocycles. The number of benzene rings is 1. The predicted molar refractivity (Wildman–Crippen MR) is 76.8 cm³/mol. The fraction of sp³-hybridized carbons (Fsp3) is 0.0667. The van der Waals surface area contributed by atoms with Crippen molar-refractivity contribution < 1.29 is 18.0 Å². The molecule has 0 aliphatic rings. The molecule has 0 unspecified atom stereocenters. The fourth-order valence-corrected chi connectivity index (χ4v) is 2.18. The lowest BCUT2D eigenvalue weighted by Crippen LogP contribution is -2.16. The molecule has 118 valence electrons. The average Bonchev–Trinajstić information content (AvgIpc) is 3.13. The predicted octanol–water partition coefficient (Wildman–Crippen LogP) is 2.88. The van der Waals surface area contributed by atoms with Gasteiger partial charge in [0.15, 0.2) is 11.6 Å². The van der Waals surface area contributed by atoms with E-state index >= 15 is 0 Å². The average molecular weight is 320 g/mol. The molecule has 0 fully saturated rings. The minimum atomic E-state index is -1.32. The molecule has 2 heterocycles. The number of aryl methyl sites for hydroxylation is 1. The summed E-state index contributed by atoms with van der Waals surface area (Å²) in [5, 5.41) is 6.22. The summed E-state index contributed by atoms with van der Waals surface area (Å²) in [6.07, 6.45) is 4.74. The minimum absolute atomic E-state index is 0.160. The molecule has 0 saturated carbocycles. The van der Waals surface area contributed by atoms with Crippen LogP contribution in [0, 0.1) is 17.5 Å². The Labute approximate surface area is 129 Å². The molecule has 1 amide bonds. The third-order valence-corrected chi connectivity index (χ3v) is 3.26. The van der Waals surface area contributed by atoms with Crippen LogP contribution >= 0.6 is 0 Å². The smallest absolute Gasteiger partial charge is 0.261 e. The lowest BCUT2D eigenvalue weighted by molar-refractivity contribution is 0.102. The van der Waals surface area contributed by atoms with Crippen molar-refractivity contribution in [3.8, 4) is 5.82 Å². The number of nitrogens with one attached hydrogen (secondary N) is 1. The van der Waals surface area contributed by atoms with Gasteiger partial charge in [-0.15, -0.1) is 0 Å². The van der Waals surface area contributed by atoms with Gasteiger partial charge in [0.25, 0.3) is 5.91 Å². The van der Waals surface area contributed by atoms with Gasteiger partial charge in [0.05, 0.1) is 11.9 Å². The first-order valence-corrected chi connectivity index (χ1v) is 6.58. The standard InChI is InChI=1S/C15H11F3N4O/c1-21-15(22-4-2-3-5-22)9(8-19-21)14(23)20-13-7-11(17)10(16)6-12(13)18/h2-8H,1H3,(H,20,23). The van der Waals surface area contributed by atoms with Crippen LogP contribution in [0.3, 0.4) is 0 Å². The van der Waals surface area contributed by atoms with Gasteiger partial charge in [0.2, 0.25) is 0 Å². The van der Waals surface area contributed by atoms with E-state index in [0.29, 0.717) is 18.0 Å². The number of rotatable bonds is 3. The molecular formula is C15H11F3N4O. The van der Waals surface area contributed by atoms with E-state index in [1.54, 1.807) is 36.1 Å². The van der Waals surface area contributed by atoms with Crippen LogP contribution in [0.25, 0.3) is 5.82 Å². The summed E-state index contributed by atoms with van der Waals surface area (Å²) < 4.78 is 42.9. The largest absolute Gasteiger partial charge is 0.319 e. The second-order valence-corrected chi connectivity index (χ2v) is 4.80. The molecule has 1 aromatic carbocycles. The molecule has 0 spiro atoms. The highest BCUT2D eigenvalue weighted by atomic mass is 19.2. The Hall–Kier alpha value is -3.03. The summed E-state index contributed by atoms with van der Waals surface area (Å²) in [5.41, 5.74) is -0.288. The molecule has 3 rings (SSSR count). The first-order valence-electron chi connectivity index (χ1n) is 6.58. The molecule has 0 bridgehead atoms. The monoisotopic (exact) mass is 320 g/mol. The Bertz CT molecular complexity index is 871. The Kier molecular flexibility index (Phi) is 3.65. The first-order chi connectivity index (χ1) is 11.0. The van der Waals surface area contributed by atoms with Crippen molar-refractivity contribution in [2.45, 2.75) is 0 Å². The van der Waals surface area contributed by atoms with Gasteiger partial charge >= 0.3 is 0 Å². The molecular weight excluding hydrogens is 309 g/mol. The van der Waals surface area contributed by atoms with Crippen LogP contribution in [-0.2, 0) is 7.05 Å². The van der Waals surface area contributed by atoms with Crippen LogP contribution < -0.4 is 5.32 Å². The fourth-order valence-electron chi connectivity index (χ4n) is 2.18. The van der Waals surface area contributed by atoms with Crippen molar-refractivity contribution in [1.29, 1.82) is 0 Å². The highest BCUT2D eigenvalue weighted by Crippen LogP contribution is 2.21. The summed E-state index contributed by atoms with van der Waals surface area (Å²) in [6.45, 7) is 0. The van der Waals surface area contributed by atoms with Gasteiger partial charge in [-0.05, 0) is 12.1 Å². The number of aromatic nitrogens is 3. The maximum absolute atomic E-state index is 13.6. The molecule has 0 aliphatic carbocycles. The number of carbonyl (C=O) groups is 1. The Morgan fingerprint density at radius 3 is 2.43 bits per heavy atom. The van der Waals surface area contributed by atoms with Crippen molar-refractivity contribution in [3.05, 3.63) is 65.9 Å². The van der Waals surface area contributed by atoms with Crippen molar-refractivity contribution >= 4 is 11.6 Å². The Balaban J connectivity index is 1.95. The zero-order chi connectivity index (χ0) is 16.6. The molecule has 0 saturated heterocycles. The number of nitrogens with zero attached hydrogens (tertiary/aromatic N) is 3. The van der Waals surface area contributed by atoms with Crippen LogP contribution in [-0.4, -0.2) is 20.3 Å². The van der Waals surface area contributed by atoms with E-state index in [-0.39, 0.29) is 5.56 Å². The van der Waals surface area contributed by atoms with Gasteiger partial charge in [-0.2, -0.15) is 5.10 Å². The third-order valence-electron chi connectivity index (χ3n) is 3.26. The number of hydrogen-bond acceptors (Lipinski definition) is 2. The number of carbonyl (C=O) groups excluding carboxylic acids is 1. The van der Waals surface area contributed by atoms with E-state index in [9.17, 15) is 18.0 Å². The lowest BCUT2D eigenvalue weighted by Gasteiger charge is -2.09. The SMILES string of the molecule is Cn1ncc(C(=O)Nc2cc(F)c(F)cc2F)c1-n1cccc1. The number of halogens is 3. The molecule has 0 atom stereocenters. The van der Waals surface area contributed by atoms with Crippen molar-refractivity contribution in [2.24, 2.45) is 7.05 Å². The van der Waals surface area contributed by atoms with Crippen LogP contribution in [0.15, 0.2) is 42.9 Å². The zero-order valence-corrected chi connectivity index (χ0v) is 11.9. The zero-order valence-electron chi connectivity index (χ0n) is 11.9. The van der Waals surface area contributed by atoms with E-state index in [2.05, 4.69) is 10.4 Å². The van der Waals surface area contributed by atoms with E-state index in [1.807, 2.05) is 0 Å². The van der Waals surface area contributed by atoms with Gasteiger partial charge in [-0.3, -0.25) is 9.48 Å². The summed E-state index contributed by atoms with van der Waals surface area (Å²) >= 11 is 0. The summed E-state index contributed by atoms with van der Waals surface area (Å²) in [4.78, 5) is 12.3. The van der Waals surface area contributed by atoms with Crippen LogP contribution in [0.2, 0.25) is 0 Å². The molecule has 1 N–H and O–H groups in total. The summed E-state index contributed by atoms with van der Waals surface area (Å²) in [6, 6.07) is 4.50. The topological polar surface area (TPSA) is 51.9 Å². The molecule has 5 nitrogen and oxygen atoms in total. The molecule has 23 heavy (non-hydrogen) atoms. The van der Waals surface area contributed by atoms with E-state index in [4.69, 9.17) is 0 Å². The second-order valence-electron chi connectivity index (χ2n) is 4.80. The van der Waals surface area contributed by atoms with Gasteiger partial charge < -0.3 is 9.88 Å². The van der Waals surface area contributed by atoms with E-state index < -0.39 is 29.0 Å². The Morgan fingerprint density at radius 1 is 1.09 bits per heavy atom. The highest BCUT2D eigenvalue weighted by molar-refractivity contribution is 6.06. The van der Waals surface area contributed by atoms with Crippen molar-refractivity contribution in [3.63, 3.8) is 0 Å². The lowest BCUT2D eigenvalue weighted by atomic mass is 10.2. The third kappa shape index (κ3) is 2.70. The second kappa shape index (κ2) is 5.64. The maximum Gasteiger partial charge on any atom is 0.261 e. The normalized spacial score (nSPS) is 10.8. The van der Waals surface area contributed by atoms with Gasteiger partial charge in [0, 0.05) is 31.6 Å². The van der Waals surface area contributed by atoms with Crippen LogP contribution in [0.4, 0.5) is 18.9 Å².